The molecule has 0 spiro atoms. The fourth-order valence-corrected chi connectivity index (χ4v) is 2.62. The number of nitrogens with zero attached hydrogens (tertiary/aromatic N) is 1. The van der Waals surface area contributed by atoms with E-state index >= 15 is 0 Å². The molecular weight excluding hydrogens is 230 g/mol. The molecule has 0 saturated carbocycles. The first-order valence-corrected chi connectivity index (χ1v) is 5.93. The lowest BCUT2D eigenvalue weighted by Gasteiger charge is -2.09. The average Bonchev–Trinajstić information content (AvgIpc) is 2.82. The van der Waals surface area contributed by atoms with E-state index in [0.717, 1.165) is 30.5 Å². The summed E-state index contributed by atoms with van der Waals surface area (Å²) in [6.45, 7) is 0. The maximum atomic E-state index is 11.5. The molecule has 0 amide bonds. The summed E-state index contributed by atoms with van der Waals surface area (Å²) >= 11 is 0. The van der Waals surface area contributed by atoms with Gasteiger partial charge in [0.15, 0.2) is 0 Å². The molecule has 18 heavy (non-hydrogen) atoms. The van der Waals surface area contributed by atoms with E-state index in [0.29, 0.717) is 22.2 Å². The van der Waals surface area contributed by atoms with E-state index in [1.807, 2.05) is 0 Å². The van der Waals surface area contributed by atoms with Crippen molar-refractivity contribution in [2.75, 3.05) is 7.11 Å². The summed E-state index contributed by atoms with van der Waals surface area (Å²) in [7, 11) is 1.59. The van der Waals surface area contributed by atoms with Gasteiger partial charge in [-0.1, -0.05) is 0 Å². The first-order valence-electron chi connectivity index (χ1n) is 5.93. The Hall–Kier alpha value is -2.10. The van der Waals surface area contributed by atoms with Crippen molar-refractivity contribution in [2.24, 2.45) is 0 Å². The molecular formula is C14H13NO3. The monoisotopic (exact) mass is 243 g/mol. The summed E-state index contributed by atoms with van der Waals surface area (Å²) in [6, 6.07) is 5.35. The van der Waals surface area contributed by atoms with Gasteiger partial charge in [-0.25, -0.2) is 4.79 Å². The van der Waals surface area contributed by atoms with Gasteiger partial charge in [-0.3, -0.25) is 4.98 Å². The van der Waals surface area contributed by atoms with Crippen LogP contribution in [-0.2, 0) is 12.8 Å². The number of ether oxygens (including phenoxy) is 1. The smallest absolute Gasteiger partial charge is 0.336 e. The number of aromatic nitrogens is 1. The predicted molar refractivity (Wildman–Crippen MR) is 67.3 cm³/mol. The Kier molecular flexibility index (Phi) is 2.44. The van der Waals surface area contributed by atoms with Crippen LogP contribution < -0.4 is 4.74 Å². The third-order valence-electron chi connectivity index (χ3n) is 3.43. The Morgan fingerprint density at radius 3 is 2.94 bits per heavy atom. The minimum absolute atomic E-state index is 0.412. The molecule has 1 aromatic carbocycles. The number of hydrogen-bond acceptors (Lipinski definition) is 3. The van der Waals surface area contributed by atoms with Crippen LogP contribution in [0.1, 0.15) is 28.0 Å². The first kappa shape index (κ1) is 11.0. The fraction of sp³-hybridized carbons (Fsp3) is 0.286. The summed E-state index contributed by atoms with van der Waals surface area (Å²) in [5, 5.41) is 10.1. The Morgan fingerprint density at radius 2 is 2.22 bits per heavy atom. The number of aromatic carboxylic acids is 1. The summed E-state index contributed by atoms with van der Waals surface area (Å²) in [6.07, 6.45) is 2.66. The number of methoxy groups -OCH3 is 1. The molecule has 4 nitrogen and oxygen atoms in total. The molecule has 0 unspecified atom stereocenters. The highest BCUT2D eigenvalue weighted by atomic mass is 16.5. The minimum Gasteiger partial charge on any atom is -0.497 e. The van der Waals surface area contributed by atoms with Gasteiger partial charge in [-0.2, -0.15) is 0 Å². The molecule has 92 valence electrons. The molecule has 0 fully saturated rings. The number of carbonyl (C=O) groups is 1. The lowest BCUT2D eigenvalue weighted by atomic mass is 10.0. The normalized spacial score (nSPS) is 13.6. The van der Waals surface area contributed by atoms with Crippen molar-refractivity contribution in [3.05, 3.63) is 35.0 Å². The highest BCUT2D eigenvalue weighted by molar-refractivity contribution is 6.04. The topological polar surface area (TPSA) is 59.4 Å². The SMILES string of the molecule is COc1ccc2c(C(=O)O)c3c(nc2c1)CCC3. The summed E-state index contributed by atoms with van der Waals surface area (Å²) < 4.78 is 5.15. The maximum Gasteiger partial charge on any atom is 0.336 e. The van der Waals surface area contributed by atoms with Gasteiger partial charge in [0.05, 0.1) is 18.2 Å². The number of carboxylic acid groups (broad SMARTS) is 1. The van der Waals surface area contributed by atoms with Crippen LogP contribution in [0.15, 0.2) is 18.2 Å². The number of carboxylic acids is 1. The molecule has 2 aromatic rings. The van der Waals surface area contributed by atoms with Gasteiger partial charge in [0.25, 0.3) is 0 Å². The van der Waals surface area contributed by atoms with E-state index in [-0.39, 0.29) is 0 Å². The van der Waals surface area contributed by atoms with Crippen LogP contribution in [-0.4, -0.2) is 23.2 Å². The number of aryl methyl sites for hydroxylation is 1. The maximum absolute atomic E-state index is 11.5. The molecule has 1 N–H and O–H groups in total. The minimum atomic E-state index is -0.870. The van der Waals surface area contributed by atoms with Gasteiger partial charge in [0.2, 0.25) is 0 Å². The number of rotatable bonds is 2. The zero-order valence-electron chi connectivity index (χ0n) is 10.1. The Balaban J connectivity index is 2.37. The molecule has 1 heterocycles. The van der Waals surface area contributed by atoms with E-state index in [1.54, 1.807) is 25.3 Å². The van der Waals surface area contributed by atoms with Crippen LogP contribution in [0.4, 0.5) is 0 Å². The lowest BCUT2D eigenvalue weighted by molar-refractivity contribution is 0.0698. The number of hydrogen-bond donors (Lipinski definition) is 1. The van der Waals surface area contributed by atoms with Crippen molar-refractivity contribution in [1.82, 2.24) is 4.98 Å². The van der Waals surface area contributed by atoms with E-state index in [2.05, 4.69) is 4.98 Å². The van der Waals surface area contributed by atoms with Crippen LogP contribution in [0.3, 0.4) is 0 Å². The first-order chi connectivity index (χ1) is 8.70. The number of fused-ring (bicyclic) bond motifs is 2. The summed E-state index contributed by atoms with van der Waals surface area (Å²) in [5.41, 5.74) is 2.94. The zero-order valence-corrected chi connectivity index (χ0v) is 10.1. The van der Waals surface area contributed by atoms with E-state index in [4.69, 9.17) is 4.74 Å². The van der Waals surface area contributed by atoms with Crippen molar-refractivity contribution >= 4 is 16.9 Å². The van der Waals surface area contributed by atoms with Crippen molar-refractivity contribution in [3.63, 3.8) is 0 Å². The molecule has 0 bridgehead atoms. The third kappa shape index (κ3) is 1.53. The van der Waals surface area contributed by atoms with Gasteiger partial charge in [-0.05, 0) is 37.0 Å². The molecule has 3 rings (SSSR count). The van der Waals surface area contributed by atoms with Crippen LogP contribution in [0.5, 0.6) is 5.75 Å². The molecule has 0 radical (unpaired) electrons. The summed E-state index contributed by atoms with van der Waals surface area (Å²) in [4.78, 5) is 16.0. The summed E-state index contributed by atoms with van der Waals surface area (Å²) in [5.74, 6) is -0.171. The van der Waals surface area contributed by atoms with E-state index in [1.165, 1.54) is 0 Å². The van der Waals surface area contributed by atoms with E-state index in [9.17, 15) is 9.90 Å². The van der Waals surface area contributed by atoms with Crippen molar-refractivity contribution in [1.29, 1.82) is 0 Å². The van der Waals surface area contributed by atoms with Gasteiger partial charge in [0.1, 0.15) is 5.75 Å². The molecule has 0 atom stereocenters. The largest absolute Gasteiger partial charge is 0.497 e. The zero-order chi connectivity index (χ0) is 12.7. The number of benzene rings is 1. The molecule has 0 saturated heterocycles. The Labute approximate surface area is 104 Å². The van der Waals surface area contributed by atoms with Crippen LogP contribution in [0.25, 0.3) is 10.9 Å². The van der Waals surface area contributed by atoms with Crippen molar-refractivity contribution in [3.8, 4) is 5.75 Å². The second-order valence-corrected chi connectivity index (χ2v) is 4.45. The average molecular weight is 243 g/mol. The quantitative estimate of drug-likeness (QED) is 0.880. The van der Waals surface area contributed by atoms with Crippen LogP contribution >= 0.6 is 0 Å². The fourth-order valence-electron chi connectivity index (χ4n) is 2.62. The molecule has 1 aliphatic carbocycles. The standard InChI is InChI=1S/C14H13NO3/c1-18-8-5-6-10-12(7-8)15-11-4-2-3-9(11)13(10)14(16)17/h5-7H,2-4H2,1H3,(H,16,17). The highest BCUT2D eigenvalue weighted by Crippen LogP contribution is 2.31. The van der Waals surface area contributed by atoms with Crippen LogP contribution in [0, 0.1) is 0 Å². The molecule has 1 aromatic heterocycles. The van der Waals surface area contributed by atoms with Gasteiger partial charge in [-0.15, -0.1) is 0 Å². The van der Waals surface area contributed by atoms with Gasteiger partial charge >= 0.3 is 5.97 Å². The lowest BCUT2D eigenvalue weighted by Crippen LogP contribution is -2.05. The highest BCUT2D eigenvalue weighted by Gasteiger charge is 2.23. The Bertz CT molecular complexity index is 649. The van der Waals surface area contributed by atoms with Crippen molar-refractivity contribution in [2.45, 2.75) is 19.3 Å². The predicted octanol–water partition coefficient (Wildman–Crippen LogP) is 2.43. The van der Waals surface area contributed by atoms with E-state index < -0.39 is 5.97 Å². The molecule has 0 aliphatic heterocycles. The van der Waals surface area contributed by atoms with Crippen molar-refractivity contribution < 1.29 is 14.6 Å². The molecule has 1 aliphatic rings. The number of pyridine rings is 1. The van der Waals surface area contributed by atoms with Crippen LogP contribution in [0.2, 0.25) is 0 Å². The van der Waals surface area contributed by atoms with Gasteiger partial charge < -0.3 is 9.84 Å². The van der Waals surface area contributed by atoms with Gasteiger partial charge in [0, 0.05) is 17.1 Å². The molecule has 4 heteroatoms. The second kappa shape index (κ2) is 3.98. The second-order valence-electron chi connectivity index (χ2n) is 4.45. The third-order valence-corrected chi connectivity index (χ3v) is 3.43. The Morgan fingerprint density at radius 1 is 1.39 bits per heavy atom.